The summed E-state index contributed by atoms with van der Waals surface area (Å²) >= 11 is 3.39. The van der Waals surface area contributed by atoms with Crippen LogP contribution in [0.25, 0.3) is 0 Å². The molecule has 0 bridgehead atoms. The molecule has 0 aromatic heterocycles. The van der Waals surface area contributed by atoms with E-state index in [0.717, 1.165) is 28.6 Å². The van der Waals surface area contributed by atoms with E-state index in [1.807, 2.05) is 30.9 Å². The molecule has 2 heterocycles. The van der Waals surface area contributed by atoms with Crippen LogP contribution in [0.4, 0.5) is 4.79 Å². The SMILES string of the molecule is C[C@@H]1CCC[C@@H](C)N1C(=O)CN1C(=O)N[C@](C)(c2cccc(Br)c2)C1=O. The highest BCUT2D eigenvalue weighted by molar-refractivity contribution is 9.10. The molecule has 0 aliphatic carbocycles. The minimum atomic E-state index is -1.17. The van der Waals surface area contributed by atoms with Crippen molar-refractivity contribution in [3.63, 3.8) is 0 Å². The Hall–Kier alpha value is -1.89. The Balaban J connectivity index is 1.80. The van der Waals surface area contributed by atoms with Crippen LogP contribution in [0.3, 0.4) is 0 Å². The summed E-state index contributed by atoms with van der Waals surface area (Å²) in [4.78, 5) is 41.1. The third-order valence-corrected chi connectivity index (χ3v) is 5.95. The molecule has 1 aromatic carbocycles. The number of halogens is 1. The quantitative estimate of drug-likeness (QED) is 0.762. The van der Waals surface area contributed by atoms with Gasteiger partial charge in [0, 0.05) is 16.6 Å². The molecular formula is C19H24BrN3O3. The Labute approximate surface area is 162 Å². The van der Waals surface area contributed by atoms with Gasteiger partial charge in [-0.15, -0.1) is 0 Å². The van der Waals surface area contributed by atoms with Crippen LogP contribution in [-0.4, -0.2) is 46.3 Å². The van der Waals surface area contributed by atoms with Gasteiger partial charge in [0.1, 0.15) is 12.1 Å². The number of likely N-dealkylation sites (tertiary alicyclic amines) is 1. The van der Waals surface area contributed by atoms with Crippen LogP contribution in [-0.2, 0) is 15.1 Å². The van der Waals surface area contributed by atoms with Crippen molar-refractivity contribution in [2.75, 3.05) is 6.54 Å². The fourth-order valence-corrected chi connectivity index (χ4v) is 4.36. The van der Waals surface area contributed by atoms with Crippen molar-refractivity contribution >= 4 is 33.8 Å². The molecule has 2 aliphatic heterocycles. The maximum Gasteiger partial charge on any atom is 0.325 e. The van der Waals surface area contributed by atoms with Crippen LogP contribution in [0, 0.1) is 0 Å². The third-order valence-electron chi connectivity index (χ3n) is 5.45. The van der Waals surface area contributed by atoms with Gasteiger partial charge in [0.2, 0.25) is 5.91 Å². The zero-order chi connectivity index (χ0) is 19.1. The van der Waals surface area contributed by atoms with E-state index < -0.39 is 17.5 Å². The topological polar surface area (TPSA) is 69.7 Å². The Bertz CT molecular complexity index is 743. The fourth-order valence-electron chi connectivity index (χ4n) is 3.97. The van der Waals surface area contributed by atoms with Crippen molar-refractivity contribution in [3.8, 4) is 0 Å². The van der Waals surface area contributed by atoms with Crippen LogP contribution in [0.2, 0.25) is 0 Å². The Morgan fingerprint density at radius 3 is 2.54 bits per heavy atom. The zero-order valence-corrected chi connectivity index (χ0v) is 16.9. The van der Waals surface area contributed by atoms with Gasteiger partial charge in [-0.3, -0.25) is 14.5 Å². The van der Waals surface area contributed by atoms with E-state index >= 15 is 0 Å². The molecule has 2 fully saturated rings. The predicted octanol–water partition coefficient (Wildman–Crippen LogP) is 3.01. The van der Waals surface area contributed by atoms with Gasteiger partial charge in [0.05, 0.1) is 0 Å². The van der Waals surface area contributed by atoms with E-state index in [4.69, 9.17) is 0 Å². The molecule has 0 unspecified atom stereocenters. The maximum absolute atomic E-state index is 13.0. The van der Waals surface area contributed by atoms with E-state index in [0.29, 0.717) is 5.56 Å². The van der Waals surface area contributed by atoms with Crippen LogP contribution in [0.15, 0.2) is 28.7 Å². The molecule has 140 valence electrons. The number of piperidine rings is 1. The Morgan fingerprint density at radius 2 is 1.92 bits per heavy atom. The molecule has 1 N–H and O–H groups in total. The highest BCUT2D eigenvalue weighted by Crippen LogP contribution is 2.31. The summed E-state index contributed by atoms with van der Waals surface area (Å²) in [6, 6.07) is 7.00. The number of carbonyl (C=O) groups is 3. The lowest BCUT2D eigenvalue weighted by molar-refractivity contribution is -0.142. The molecule has 4 amide bonds. The van der Waals surface area contributed by atoms with Crippen LogP contribution in [0.1, 0.15) is 45.6 Å². The lowest BCUT2D eigenvalue weighted by atomic mass is 9.92. The van der Waals surface area contributed by atoms with Crippen molar-refractivity contribution in [2.45, 2.75) is 57.7 Å². The molecule has 3 atom stereocenters. The number of hydrogen-bond donors (Lipinski definition) is 1. The fraction of sp³-hybridized carbons (Fsp3) is 0.526. The molecule has 26 heavy (non-hydrogen) atoms. The predicted molar refractivity (Wildman–Crippen MR) is 101 cm³/mol. The second-order valence-corrected chi connectivity index (χ2v) is 8.30. The van der Waals surface area contributed by atoms with Crippen molar-refractivity contribution < 1.29 is 14.4 Å². The molecule has 6 nitrogen and oxygen atoms in total. The number of amides is 4. The van der Waals surface area contributed by atoms with Crippen molar-refractivity contribution in [2.24, 2.45) is 0 Å². The summed E-state index contributed by atoms with van der Waals surface area (Å²) < 4.78 is 0.823. The second-order valence-electron chi connectivity index (χ2n) is 7.39. The Kier molecular flexibility index (Phi) is 5.10. The molecule has 3 rings (SSSR count). The molecule has 1 aromatic rings. The average molecular weight is 422 g/mol. The summed E-state index contributed by atoms with van der Waals surface area (Å²) in [6.07, 6.45) is 2.99. The van der Waals surface area contributed by atoms with Gasteiger partial charge in [-0.2, -0.15) is 0 Å². The number of carbonyl (C=O) groups excluding carboxylic acids is 3. The minimum Gasteiger partial charge on any atom is -0.336 e. The first kappa shape index (κ1) is 18.9. The number of benzene rings is 1. The lowest BCUT2D eigenvalue weighted by Gasteiger charge is -2.39. The smallest absolute Gasteiger partial charge is 0.325 e. The largest absolute Gasteiger partial charge is 0.336 e. The zero-order valence-electron chi connectivity index (χ0n) is 15.3. The van der Waals surface area contributed by atoms with Gasteiger partial charge in [-0.25, -0.2) is 4.79 Å². The van der Waals surface area contributed by atoms with E-state index in [1.54, 1.807) is 19.1 Å². The van der Waals surface area contributed by atoms with Gasteiger partial charge >= 0.3 is 6.03 Å². The van der Waals surface area contributed by atoms with Crippen LogP contribution < -0.4 is 5.32 Å². The monoisotopic (exact) mass is 421 g/mol. The van der Waals surface area contributed by atoms with Crippen LogP contribution >= 0.6 is 15.9 Å². The summed E-state index contributed by atoms with van der Waals surface area (Å²) in [7, 11) is 0. The molecule has 0 spiro atoms. The standard InChI is InChI=1S/C19H24BrN3O3/c1-12-6-4-7-13(2)23(12)16(24)11-22-17(25)19(3,21-18(22)26)14-8-5-9-15(20)10-14/h5,8-10,12-13H,4,6-7,11H2,1-3H3,(H,21,26)/t12-,13-,19-/m1/s1. The summed E-state index contributed by atoms with van der Waals surface area (Å²) in [5.74, 6) is -0.571. The van der Waals surface area contributed by atoms with Crippen molar-refractivity contribution in [3.05, 3.63) is 34.3 Å². The first-order valence-corrected chi connectivity index (χ1v) is 9.74. The van der Waals surface area contributed by atoms with E-state index in [2.05, 4.69) is 21.2 Å². The highest BCUT2D eigenvalue weighted by atomic mass is 79.9. The second kappa shape index (κ2) is 7.02. The van der Waals surface area contributed by atoms with E-state index in [1.165, 1.54) is 0 Å². The van der Waals surface area contributed by atoms with Gasteiger partial charge in [-0.1, -0.05) is 28.1 Å². The van der Waals surface area contributed by atoms with Crippen LogP contribution in [0.5, 0.6) is 0 Å². The van der Waals surface area contributed by atoms with Gasteiger partial charge < -0.3 is 10.2 Å². The third kappa shape index (κ3) is 3.24. The van der Waals surface area contributed by atoms with Crippen molar-refractivity contribution in [1.29, 1.82) is 0 Å². The van der Waals surface area contributed by atoms with Gasteiger partial charge in [0.25, 0.3) is 5.91 Å². The van der Waals surface area contributed by atoms with E-state index in [-0.39, 0.29) is 24.5 Å². The number of nitrogens with one attached hydrogen (secondary N) is 1. The molecule has 2 aliphatic rings. The van der Waals surface area contributed by atoms with Crippen molar-refractivity contribution in [1.82, 2.24) is 15.1 Å². The number of rotatable bonds is 3. The number of hydrogen-bond acceptors (Lipinski definition) is 3. The van der Waals surface area contributed by atoms with E-state index in [9.17, 15) is 14.4 Å². The molecular weight excluding hydrogens is 398 g/mol. The lowest BCUT2D eigenvalue weighted by Crippen LogP contribution is -2.52. The Morgan fingerprint density at radius 1 is 1.27 bits per heavy atom. The first-order valence-electron chi connectivity index (χ1n) is 8.95. The number of imide groups is 1. The molecule has 2 saturated heterocycles. The van der Waals surface area contributed by atoms with Gasteiger partial charge in [0.15, 0.2) is 0 Å². The summed E-state index contributed by atoms with van der Waals surface area (Å²) in [5, 5.41) is 2.75. The van der Waals surface area contributed by atoms with Gasteiger partial charge in [-0.05, 0) is 57.7 Å². The average Bonchev–Trinajstić information content (AvgIpc) is 2.79. The molecule has 7 heteroatoms. The maximum atomic E-state index is 13.0. The molecule has 0 saturated carbocycles. The highest BCUT2D eigenvalue weighted by Gasteiger charge is 2.50. The summed E-state index contributed by atoms with van der Waals surface area (Å²) in [5.41, 5.74) is -0.486. The summed E-state index contributed by atoms with van der Waals surface area (Å²) in [6.45, 7) is 5.49. The minimum absolute atomic E-state index is 0.128. The normalized spacial score (nSPS) is 29.1. The molecule has 0 radical (unpaired) electrons. The first-order chi connectivity index (χ1) is 12.2. The number of nitrogens with zero attached hydrogens (tertiary/aromatic N) is 2. The number of urea groups is 1.